The fraction of sp³-hybridized carbons (Fsp3) is 0.400. The Kier molecular flexibility index (Phi) is 2.66. The Balaban J connectivity index is 3.37. The number of ether oxygens (including phenoxy) is 1. The van der Waals surface area contributed by atoms with Gasteiger partial charge in [0, 0.05) is 17.2 Å². The Hall–Kier alpha value is -1.29. The van der Waals surface area contributed by atoms with Crippen molar-refractivity contribution in [2.24, 2.45) is 5.73 Å². The lowest BCUT2D eigenvalue weighted by Crippen LogP contribution is -2.28. The summed E-state index contributed by atoms with van der Waals surface area (Å²) in [6, 6.07) is 2.32. The topological polar surface area (TPSA) is 55.5 Å². The van der Waals surface area contributed by atoms with Gasteiger partial charge in [-0.3, -0.25) is 0 Å². The normalized spacial score (nSPS) is 11.5. The second kappa shape index (κ2) is 3.46. The highest BCUT2D eigenvalue weighted by Gasteiger charge is 2.22. The zero-order valence-corrected chi connectivity index (χ0v) is 8.47. The molecule has 0 saturated carbocycles. The Bertz CT molecular complexity index is 345. The van der Waals surface area contributed by atoms with E-state index in [4.69, 9.17) is 10.5 Å². The first-order valence-corrected chi connectivity index (χ1v) is 4.22. The van der Waals surface area contributed by atoms with Crippen molar-refractivity contribution in [3.05, 3.63) is 23.5 Å². The molecule has 0 atom stereocenters. The summed E-state index contributed by atoms with van der Waals surface area (Å²) >= 11 is 0. The number of aromatic hydroxyl groups is 1. The second-order valence-corrected chi connectivity index (χ2v) is 3.73. The summed E-state index contributed by atoms with van der Waals surface area (Å²) in [5.41, 5.74) is 5.29. The number of nitrogens with two attached hydrogens (primary N) is 1. The smallest absolute Gasteiger partial charge is 0.163 e. The molecule has 3 N–H and O–H groups in total. The molecule has 0 unspecified atom stereocenters. The fourth-order valence-corrected chi connectivity index (χ4v) is 1.22. The first-order chi connectivity index (χ1) is 6.36. The zero-order valence-electron chi connectivity index (χ0n) is 8.47. The fourth-order valence-electron chi connectivity index (χ4n) is 1.22. The minimum absolute atomic E-state index is 0.0959. The highest BCUT2D eigenvalue weighted by molar-refractivity contribution is 5.48. The minimum atomic E-state index is -0.806. The van der Waals surface area contributed by atoms with Crippen molar-refractivity contribution >= 4 is 0 Å². The number of rotatable bonds is 2. The molecule has 0 radical (unpaired) electrons. The van der Waals surface area contributed by atoms with E-state index in [2.05, 4.69) is 0 Å². The van der Waals surface area contributed by atoms with Crippen LogP contribution in [0.1, 0.15) is 19.4 Å². The SMILES string of the molecule is COc1cc(F)cc(C(C)(C)N)c1O. The predicted octanol–water partition coefficient (Wildman–Crippen LogP) is 1.73. The van der Waals surface area contributed by atoms with E-state index in [-0.39, 0.29) is 11.5 Å². The molecule has 0 bridgehead atoms. The lowest BCUT2D eigenvalue weighted by Gasteiger charge is -2.21. The van der Waals surface area contributed by atoms with Gasteiger partial charge in [0.15, 0.2) is 11.5 Å². The molecule has 0 saturated heterocycles. The highest BCUT2D eigenvalue weighted by atomic mass is 19.1. The van der Waals surface area contributed by atoms with E-state index in [1.54, 1.807) is 13.8 Å². The molecule has 0 aliphatic carbocycles. The summed E-state index contributed by atoms with van der Waals surface area (Å²) in [5, 5.41) is 9.68. The van der Waals surface area contributed by atoms with E-state index in [1.807, 2.05) is 0 Å². The standard InChI is InChI=1S/C10H14FNO2/c1-10(2,12)7-4-6(11)5-8(14-3)9(7)13/h4-5,13H,12H2,1-3H3. The Morgan fingerprint density at radius 2 is 2.00 bits per heavy atom. The van der Waals surface area contributed by atoms with Gasteiger partial charge in [-0.05, 0) is 19.9 Å². The van der Waals surface area contributed by atoms with Crippen LogP contribution in [0.5, 0.6) is 11.5 Å². The van der Waals surface area contributed by atoms with E-state index in [1.165, 1.54) is 13.2 Å². The molecule has 78 valence electrons. The van der Waals surface area contributed by atoms with Crippen LogP contribution in [0, 0.1) is 5.82 Å². The summed E-state index contributed by atoms with van der Waals surface area (Å²) in [7, 11) is 1.36. The van der Waals surface area contributed by atoms with Crippen molar-refractivity contribution in [3.8, 4) is 11.5 Å². The number of phenolic OH excluding ortho intramolecular Hbond substituents is 1. The van der Waals surface area contributed by atoms with E-state index < -0.39 is 11.4 Å². The predicted molar refractivity (Wildman–Crippen MR) is 51.8 cm³/mol. The quantitative estimate of drug-likeness (QED) is 0.762. The third-order valence-corrected chi connectivity index (χ3v) is 1.95. The number of methoxy groups -OCH3 is 1. The number of hydrogen-bond donors (Lipinski definition) is 2. The van der Waals surface area contributed by atoms with Crippen molar-refractivity contribution < 1.29 is 14.2 Å². The van der Waals surface area contributed by atoms with E-state index >= 15 is 0 Å². The Morgan fingerprint density at radius 3 is 2.43 bits per heavy atom. The highest BCUT2D eigenvalue weighted by Crippen LogP contribution is 2.35. The zero-order chi connectivity index (χ0) is 10.9. The lowest BCUT2D eigenvalue weighted by molar-refractivity contribution is 0.359. The summed E-state index contributed by atoms with van der Waals surface area (Å²) < 4.78 is 17.9. The molecule has 0 aromatic heterocycles. The van der Waals surface area contributed by atoms with Gasteiger partial charge in [-0.25, -0.2) is 4.39 Å². The second-order valence-electron chi connectivity index (χ2n) is 3.73. The maximum absolute atomic E-state index is 13.1. The third kappa shape index (κ3) is 1.96. The lowest BCUT2D eigenvalue weighted by atomic mass is 9.94. The molecule has 3 nitrogen and oxygen atoms in total. The first kappa shape index (κ1) is 10.8. The molecule has 0 spiro atoms. The van der Waals surface area contributed by atoms with Crippen LogP contribution in [0.2, 0.25) is 0 Å². The van der Waals surface area contributed by atoms with E-state index in [9.17, 15) is 9.50 Å². The van der Waals surface area contributed by atoms with Crippen LogP contribution in [0.25, 0.3) is 0 Å². The number of benzene rings is 1. The van der Waals surface area contributed by atoms with Crippen LogP contribution in [0.4, 0.5) is 4.39 Å². The molecular weight excluding hydrogens is 185 g/mol. The maximum Gasteiger partial charge on any atom is 0.163 e. The van der Waals surface area contributed by atoms with Crippen molar-refractivity contribution in [2.45, 2.75) is 19.4 Å². The summed E-state index contributed by atoms with van der Waals surface area (Å²) in [4.78, 5) is 0. The molecule has 1 aromatic rings. The summed E-state index contributed by atoms with van der Waals surface area (Å²) in [6.45, 7) is 3.36. The van der Waals surface area contributed by atoms with Crippen molar-refractivity contribution in [1.82, 2.24) is 0 Å². The Morgan fingerprint density at radius 1 is 1.43 bits per heavy atom. The monoisotopic (exact) mass is 199 g/mol. The third-order valence-electron chi connectivity index (χ3n) is 1.95. The van der Waals surface area contributed by atoms with Crippen LogP contribution in [-0.2, 0) is 5.54 Å². The largest absolute Gasteiger partial charge is 0.504 e. The molecule has 0 aliphatic heterocycles. The van der Waals surface area contributed by atoms with Gasteiger partial charge in [-0.1, -0.05) is 0 Å². The molecule has 14 heavy (non-hydrogen) atoms. The van der Waals surface area contributed by atoms with Crippen molar-refractivity contribution in [3.63, 3.8) is 0 Å². The average molecular weight is 199 g/mol. The molecule has 0 fully saturated rings. The maximum atomic E-state index is 13.1. The van der Waals surface area contributed by atoms with Crippen molar-refractivity contribution in [2.75, 3.05) is 7.11 Å². The molecule has 0 heterocycles. The van der Waals surface area contributed by atoms with E-state index in [0.29, 0.717) is 5.56 Å². The molecule has 1 rings (SSSR count). The van der Waals surface area contributed by atoms with Crippen LogP contribution >= 0.6 is 0 Å². The van der Waals surface area contributed by atoms with Crippen LogP contribution in [0.15, 0.2) is 12.1 Å². The van der Waals surface area contributed by atoms with Crippen LogP contribution in [-0.4, -0.2) is 12.2 Å². The molecule has 0 amide bonds. The van der Waals surface area contributed by atoms with Crippen molar-refractivity contribution in [1.29, 1.82) is 0 Å². The van der Waals surface area contributed by atoms with Gasteiger partial charge in [0.2, 0.25) is 0 Å². The van der Waals surface area contributed by atoms with Gasteiger partial charge < -0.3 is 15.6 Å². The molecule has 1 aromatic carbocycles. The Labute approximate surface area is 82.3 Å². The van der Waals surface area contributed by atoms with Gasteiger partial charge >= 0.3 is 0 Å². The van der Waals surface area contributed by atoms with Gasteiger partial charge in [0.05, 0.1) is 7.11 Å². The molecule has 4 heteroatoms. The van der Waals surface area contributed by atoms with Gasteiger partial charge in [0.1, 0.15) is 5.82 Å². The van der Waals surface area contributed by atoms with E-state index in [0.717, 1.165) is 6.07 Å². The summed E-state index contributed by atoms with van der Waals surface area (Å²) in [5.74, 6) is -0.492. The van der Waals surface area contributed by atoms with Gasteiger partial charge in [-0.2, -0.15) is 0 Å². The van der Waals surface area contributed by atoms with Gasteiger partial charge in [-0.15, -0.1) is 0 Å². The number of hydrogen-bond acceptors (Lipinski definition) is 3. The molecule has 0 aliphatic rings. The first-order valence-electron chi connectivity index (χ1n) is 4.22. The minimum Gasteiger partial charge on any atom is -0.504 e. The van der Waals surface area contributed by atoms with Crippen LogP contribution < -0.4 is 10.5 Å². The summed E-state index contributed by atoms with van der Waals surface area (Å²) in [6.07, 6.45) is 0. The number of phenols is 1. The van der Waals surface area contributed by atoms with Crippen LogP contribution in [0.3, 0.4) is 0 Å². The average Bonchev–Trinajstić information content (AvgIpc) is 2.06. The number of halogens is 1. The molecular formula is C10H14FNO2. The van der Waals surface area contributed by atoms with Gasteiger partial charge in [0.25, 0.3) is 0 Å².